The van der Waals surface area contributed by atoms with Gasteiger partial charge in [-0.05, 0) is 43.4 Å². The molecule has 3 rings (SSSR count). The van der Waals surface area contributed by atoms with E-state index >= 15 is 0 Å². The van der Waals surface area contributed by atoms with Crippen LogP contribution >= 0.6 is 0 Å². The first-order chi connectivity index (χ1) is 10.2. The predicted octanol–water partition coefficient (Wildman–Crippen LogP) is 3.10. The Morgan fingerprint density at radius 1 is 1.38 bits per heavy atom. The maximum absolute atomic E-state index is 12.5. The first-order valence-electron chi connectivity index (χ1n) is 7.60. The Kier molecular flexibility index (Phi) is 3.86. The highest BCUT2D eigenvalue weighted by Gasteiger charge is 2.23. The van der Waals surface area contributed by atoms with E-state index in [1.54, 1.807) is 22.8 Å². The highest BCUT2D eigenvalue weighted by Crippen LogP contribution is 2.32. The number of aromatic nitrogens is 1. The van der Waals surface area contributed by atoms with Crippen molar-refractivity contribution in [1.82, 2.24) is 4.57 Å². The fourth-order valence-corrected chi connectivity index (χ4v) is 2.40. The molecule has 1 fully saturated rings. The van der Waals surface area contributed by atoms with Gasteiger partial charge in [-0.3, -0.25) is 4.79 Å². The summed E-state index contributed by atoms with van der Waals surface area (Å²) < 4.78 is 7.42. The molecule has 2 aromatic rings. The van der Waals surface area contributed by atoms with Crippen molar-refractivity contribution in [2.24, 2.45) is 5.92 Å². The van der Waals surface area contributed by atoms with Crippen molar-refractivity contribution < 1.29 is 9.84 Å². The summed E-state index contributed by atoms with van der Waals surface area (Å²) in [5, 5.41) is 10.9. The molecular weight excluding hydrogens is 266 g/mol. The Hall–Kier alpha value is -1.97. The van der Waals surface area contributed by atoms with Crippen molar-refractivity contribution in [3.8, 4) is 11.5 Å². The number of pyridine rings is 1. The van der Waals surface area contributed by atoms with Gasteiger partial charge in [0, 0.05) is 11.9 Å². The van der Waals surface area contributed by atoms with E-state index in [1.165, 1.54) is 12.8 Å². The minimum Gasteiger partial charge on any atom is -0.508 e. The van der Waals surface area contributed by atoms with Crippen LogP contribution in [0.3, 0.4) is 0 Å². The molecule has 4 heteroatoms. The van der Waals surface area contributed by atoms with Crippen molar-refractivity contribution in [2.75, 3.05) is 6.61 Å². The smallest absolute Gasteiger partial charge is 0.259 e. The molecule has 0 bridgehead atoms. The van der Waals surface area contributed by atoms with Gasteiger partial charge in [-0.1, -0.05) is 13.3 Å². The second-order valence-electron chi connectivity index (χ2n) is 5.73. The first kappa shape index (κ1) is 14.0. The van der Waals surface area contributed by atoms with Crippen molar-refractivity contribution in [3.05, 3.63) is 34.7 Å². The number of hydrogen-bond acceptors (Lipinski definition) is 3. The van der Waals surface area contributed by atoms with E-state index in [-0.39, 0.29) is 11.3 Å². The SMILES string of the molecule is CCCCOc1[c]n(CC2CC2)c(=O)c2ccc(O)cc12. The Balaban J connectivity index is 2.05. The van der Waals surface area contributed by atoms with E-state index in [9.17, 15) is 9.90 Å². The summed E-state index contributed by atoms with van der Waals surface area (Å²) in [4.78, 5) is 12.5. The number of benzene rings is 1. The van der Waals surface area contributed by atoms with Gasteiger partial charge in [-0.25, -0.2) is 0 Å². The number of ether oxygens (including phenoxy) is 1. The minimum absolute atomic E-state index is 0.0558. The van der Waals surface area contributed by atoms with Crippen molar-refractivity contribution >= 4 is 10.8 Å². The van der Waals surface area contributed by atoms with Gasteiger partial charge >= 0.3 is 0 Å². The zero-order valence-corrected chi connectivity index (χ0v) is 12.3. The highest BCUT2D eigenvalue weighted by molar-refractivity contribution is 5.88. The number of fused-ring (bicyclic) bond motifs is 1. The standard InChI is InChI=1S/C17H20NO3/c1-2-3-8-21-16-11-18(10-12-4-5-12)17(20)14-7-6-13(19)9-15(14)16/h6-7,9,12,19H,2-5,8,10H2,1H3. The van der Waals surface area contributed by atoms with Crippen molar-refractivity contribution in [3.63, 3.8) is 0 Å². The Morgan fingerprint density at radius 3 is 2.90 bits per heavy atom. The van der Waals surface area contributed by atoms with E-state index in [0.29, 0.717) is 35.6 Å². The van der Waals surface area contributed by atoms with Gasteiger partial charge in [-0.15, -0.1) is 0 Å². The van der Waals surface area contributed by atoms with Crippen LogP contribution in [0.15, 0.2) is 23.0 Å². The number of nitrogens with zero attached hydrogens (tertiary/aromatic N) is 1. The Labute approximate surface area is 124 Å². The van der Waals surface area contributed by atoms with Crippen LogP contribution in [0.2, 0.25) is 0 Å². The predicted molar refractivity (Wildman–Crippen MR) is 81.8 cm³/mol. The molecule has 0 unspecified atom stereocenters. The van der Waals surface area contributed by atoms with E-state index < -0.39 is 0 Å². The lowest BCUT2D eigenvalue weighted by Crippen LogP contribution is -2.21. The highest BCUT2D eigenvalue weighted by atomic mass is 16.5. The molecule has 4 nitrogen and oxygen atoms in total. The third kappa shape index (κ3) is 3.04. The maximum atomic E-state index is 12.5. The summed E-state index contributed by atoms with van der Waals surface area (Å²) in [6, 6.07) is 4.79. The van der Waals surface area contributed by atoms with Gasteiger partial charge in [0.1, 0.15) is 11.9 Å². The van der Waals surface area contributed by atoms with Gasteiger partial charge in [0.15, 0.2) is 5.75 Å². The molecule has 1 heterocycles. The molecule has 0 saturated heterocycles. The van der Waals surface area contributed by atoms with Crippen molar-refractivity contribution in [1.29, 1.82) is 0 Å². The zero-order chi connectivity index (χ0) is 14.8. The summed E-state index contributed by atoms with van der Waals surface area (Å²) in [6.07, 6.45) is 7.45. The number of phenols is 1. The molecule has 1 N–H and O–H groups in total. The van der Waals surface area contributed by atoms with Crippen molar-refractivity contribution in [2.45, 2.75) is 39.2 Å². The lowest BCUT2D eigenvalue weighted by molar-refractivity contribution is 0.308. The third-order valence-corrected chi connectivity index (χ3v) is 3.84. The molecule has 0 aliphatic heterocycles. The van der Waals surface area contributed by atoms with Gasteiger partial charge < -0.3 is 14.4 Å². The number of aromatic hydroxyl groups is 1. The van der Waals surface area contributed by atoms with Crippen LogP contribution in [0, 0.1) is 12.1 Å². The van der Waals surface area contributed by atoms with Crippen LogP contribution in [-0.2, 0) is 6.54 Å². The Bertz CT molecular complexity index is 701. The van der Waals surface area contributed by atoms with Gasteiger partial charge in [0.2, 0.25) is 0 Å². The topological polar surface area (TPSA) is 51.5 Å². The fourth-order valence-electron chi connectivity index (χ4n) is 2.40. The fraction of sp³-hybridized carbons (Fsp3) is 0.471. The van der Waals surface area contributed by atoms with Gasteiger partial charge in [0.25, 0.3) is 5.56 Å². The zero-order valence-electron chi connectivity index (χ0n) is 12.3. The van der Waals surface area contributed by atoms with Crippen LogP contribution in [0.1, 0.15) is 32.6 Å². The van der Waals surface area contributed by atoms with E-state index in [4.69, 9.17) is 4.74 Å². The van der Waals surface area contributed by atoms with E-state index in [0.717, 1.165) is 12.8 Å². The van der Waals surface area contributed by atoms with E-state index in [2.05, 4.69) is 13.1 Å². The maximum Gasteiger partial charge on any atom is 0.259 e. The second-order valence-corrected chi connectivity index (χ2v) is 5.73. The first-order valence-corrected chi connectivity index (χ1v) is 7.60. The summed E-state index contributed by atoms with van der Waals surface area (Å²) >= 11 is 0. The number of rotatable bonds is 6. The van der Waals surface area contributed by atoms with Gasteiger partial charge in [-0.2, -0.15) is 0 Å². The molecule has 1 saturated carbocycles. The average Bonchev–Trinajstić information content (AvgIpc) is 3.27. The molecule has 1 aliphatic carbocycles. The third-order valence-electron chi connectivity index (χ3n) is 3.84. The largest absolute Gasteiger partial charge is 0.508 e. The minimum atomic E-state index is -0.0558. The van der Waals surface area contributed by atoms with Gasteiger partial charge in [0.05, 0.1) is 12.0 Å². The Morgan fingerprint density at radius 2 is 2.19 bits per heavy atom. The monoisotopic (exact) mass is 286 g/mol. The van der Waals surface area contributed by atoms with Crippen LogP contribution in [0.25, 0.3) is 10.8 Å². The molecule has 0 atom stereocenters. The molecule has 21 heavy (non-hydrogen) atoms. The van der Waals surface area contributed by atoms with Crippen LogP contribution in [-0.4, -0.2) is 16.3 Å². The quantitative estimate of drug-likeness (QED) is 0.830. The number of phenolic OH excluding ortho intramolecular Hbond substituents is 1. The molecular formula is C17H20NO3. The molecule has 1 radical (unpaired) electrons. The van der Waals surface area contributed by atoms with Crippen LogP contribution in [0.4, 0.5) is 0 Å². The summed E-state index contributed by atoms with van der Waals surface area (Å²) in [5.41, 5.74) is -0.0558. The number of unbranched alkanes of at least 4 members (excludes halogenated alkanes) is 1. The van der Waals surface area contributed by atoms with Crippen LogP contribution in [0.5, 0.6) is 11.5 Å². The number of hydrogen-bond donors (Lipinski definition) is 1. The lowest BCUT2D eigenvalue weighted by atomic mass is 10.1. The van der Waals surface area contributed by atoms with Crippen LogP contribution < -0.4 is 10.3 Å². The molecule has 1 aliphatic rings. The normalized spacial score (nSPS) is 14.5. The summed E-state index contributed by atoms with van der Waals surface area (Å²) in [7, 11) is 0. The average molecular weight is 286 g/mol. The van der Waals surface area contributed by atoms with E-state index in [1.807, 2.05) is 0 Å². The summed E-state index contributed by atoms with van der Waals surface area (Å²) in [6.45, 7) is 3.41. The summed E-state index contributed by atoms with van der Waals surface area (Å²) in [5.74, 6) is 1.29. The second kappa shape index (κ2) is 5.80. The lowest BCUT2D eigenvalue weighted by Gasteiger charge is -2.12. The molecule has 1 aromatic heterocycles. The molecule has 111 valence electrons. The molecule has 1 aromatic carbocycles. The molecule has 0 amide bonds. The molecule has 0 spiro atoms.